The summed E-state index contributed by atoms with van der Waals surface area (Å²) in [5, 5.41) is 0. The first kappa shape index (κ1) is 9.05. The Bertz CT molecular complexity index is 317. The second-order valence-electron chi connectivity index (χ2n) is 2.26. The first-order valence-corrected chi connectivity index (χ1v) is 5.12. The van der Waals surface area contributed by atoms with Crippen LogP contribution >= 0.6 is 0 Å². The van der Waals surface area contributed by atoms with Crippen molar-refractivity contribution < 1.29 is 12.7 Å². The lowest BCUT2D eigenvalue weighted by molar-refractivity contribution is 0.278. The largest absolute Gasteiger partial charge is 0.327 e. The Morgan fingerprint density at radius 3 is 2.83 bits per heavy atom. The normalized spacial score (nSPS) is 11.4. The Morgan fingerprint density at radius 2 is 2.33 bits per heavy atom. The summed E-state index contributed by atoms with van der Waals surface area (Å²) in [6.45, 7) is 1.77. The van der Waals surface area contributed by atoms with Crippen molar-refractivity contribution in [1.29, 1.82) is 0 Å². The summed E-state index contributed by atoms with van der Waals surface area (Å²) in [4.78, 5) is 3.64. The van der Waals surface area contributed by atoms with Gasteiger partial charge in [0.1, 0.15) is 6.33 Å². The summed E-state index contributed by atoms with van der Waals surface area (Å²) < 4.78 is 27.7. The van der Waals surface area contributed by atoms with Crippen molar-refractivity contribution in [2.45, 2.75) is 13.3 Å². The van der Waals surface area contributed by atoms with Gasteiger partial charge in [0.2, 0.25) is 0 Å². The molecule has 0 aliphatic carbocycles. The molecule has 12 heavy (non-hydrogen) atoms. The van der Waals surface area contributed by atoms with Crippen molar-refractivity contribution in [2.75, 3.05) is 5.75 Å². The van der Waals surface area contributed by atoms with E-state index in [0.29, 0.717) is 6.42 Å². The molecule has 0 N–H and O–H groups in total. The Morgan fingerprint density at radius 1 is 1.58 bits per heavy atom. The second kappa shape index (κ2) is 3.57. The summed E-state index contributed by atoms with van der Waals surface area (Å²) in [5.41, 5.74) is 0. The van der Waals surface area contributed by atoms with Crippen molar-refractivity contribution >= 4 is 10.1 Å². The minimum Gasteiger partial charge on any atom is -0.286 e. The third-order valence-corrected chi connectivity index (χ3v) is 2.44. The van der Waals surface area contributed by atoms with Gasteiger partial charge in [-0.2, -0.15) is 13.1 Å². The minimum absolute atomic E-state index is 0.0190. The van der Waals surface area contributed by atoms with Gasteiger partial charge in [-0.15, -0.1) is 0 Å². The number of hydrogen-bond donors (Lipinski definition) is 0. The van der Waals surface area contributed by atoms with E-state index in [1.54, 1.807) is 6.92 Å². The molecule has 1 aromatic heterocycles. The maximum absolute atomic E-state index is 11.0. The molecule has 1 aromatic rings. The predicted octanol–water partition coefficient (Wildman–Crippen LogP) is 0.0515. The SMILES string of the molecule is CCCS(=O)(=O)On1ccnc1. The van der Waals surface area contributed by atoms with Crippen LogP contribution in [0.1, 0.15) is 13.3 Å². The molecule has 1 rings (SSSR count). The Hall–Kier alpha value is -1.04. The van der Waals surface area contributed by atoms with Crippen LogP contribution in [0.15, 0.2) is 18.7 Å². The molecule has 0 saturated heterocycles. The number of rotatable bonds is 4. The van der Waals surface area contributed by atoms with Gasteiger partial charge in [0, 0.05) is 6.20 Å². The van der Waals surface area contributed by atoms with Crippen LogP contribution in [0.3, 0.4) is 0 Å². The number of nitrogens with zero attached hydrogens (tertiary/aromatic N) is 2. The van der Waals surface area contributed by atoms with Crippen molar-refractivity contribution in [2.24, 2.45) is 0 Å². The van der Waals surface area contributed by atoms with E-state index >= 15 is 0 Å². The molecule has 68 valence electrons. The van der Waals surface area contributed by atoms with Crippen LogP contribution in [0, 0.1) is 0 Å². The van der Waals surface area contributed by atoms with Crippen LogP contribution in [0.2, 0.25) is 0 Å². The van der Waals surface area contributed by atoms with Crippen LogP contribution in [0.4, 0.5) is 0 Å². The molecule has 0 unspecified atom stereocenters. The van der Waals surface area contributed by atoms with Crippen molar-refractivity contribution in [1.82, 2.24) is 9.71 Å². The van der Waals surface area contributed by atoms with Crippen LogP contribution in [0.5, 0.6) is 0 Å². The highest BCUT2D eigenvalue weighted by Gasteiger charge is 2.10. The van der Waals surface area contributed by atoms with Crippen molar-refractivity contribution in [3.05, 3.63) is 18.7 Å². The second-order valence-corrected chi connectivity index (χ2v) is 3.93. The van der Waals surface area contributed by atoms with Gasteiger partial charge in [-0.3, -0.25) is 4.28 Å². The highest BCUT2D eigenvalue weighted by molar-refractivity contribution is 7.86. The monoisotopic (exact) mass is 190 g/mol. The quantitative estimate of drug-likeness (QED) is 0.673. The zero-order valence-electron chi connectivity index (χ0n) is 6.67. The molecule has 0 bridgehead atoms. The summed E-state index contributed by atoms with van der Waals surface area (Å²) >= 11 is 0. The first-order chi connectivity index (χ1) is 5.64. The van der Waals surface area contributed by atoms with E-state index in [4.69, 9.17) is 0 Å². The third-order valence-electron chi connectivity index (χ3n) is 1.13. The molecule has 0 aromatic carbocycles. The van der Waals surface area contributed by atoms with E-state index in [-0.39, 0.29) is 5.75 Å². The smallest absolute Gasteiger partial charge is 0.286 e. The van der Waals surface area contributed by atoms with Crippen LogP contribution in [-0.2, 0) is 10.1 Å². The summed E-state index contributed by atoms with van der Waals surface area (Å²) in [6, 6.07) is 0. The van der Waals surface area contributed by atoms with Gasteiger partial charge in [-0.1, -0.05) is 6.92 Å². The fraction of sp³-hybridized carbons (Fsp3) is 0.500. The van der Waals surface area contributed by atoms with Gasteiger partial charge in [-0.25, -0.2) is 4.98 Å². The van der Waals surface area contributed by atoms with E-state index in [1.807, 2.05) is 0 Å². The zero-order chi connectivity index (χ0) is 9.03. The molecule has 0 atom stereocenters. The van der Waals surface area contributed by atoms with Crippen molar-refractivity contribution in [3.63, 3.8) is 0 Å². The summed E-state index contributed by atoms with van der Waals surface area (Å²) in [7, 11) is -3.43. The molecule has 0 aliphatic rings. The number of hydrogen-bond acceptors (Lipinski definition) is 4. The molecule has 0 radical (unpaired) electrons. The zero-order valence-corrected chi connectivity index (χ0v) is 7.49. The molecule has 6 heteroatoms. The molecule has 0 fully saturated rings. The maximum Gasteiger partial charge on any atom is 0.327 e. The van der Waals surface area contributed by atoms with Crippen LogP contribution in [0.25, 0.3) is 0 Å². The Balaban J connectivity index is 2.63. The van der Waals surface area contributed by atoms with E-state index in [0.717, 1.165) is 4.73 Å². The highest BCUT2D eigenvalue weighted by atomic mass is 32.2. The Labute approximate surface area is 71.1 Å². The fourth-order valence-corrected chi connectivity index (χ4v) is 1.63. The Kier molecular flexibility index (Phi) is 2.69. The van der Waals surface area contributed by atoms with E-state index < -0.39 is 10.1 Å². The van der Waals surface area contributed by atoms with E-state index in [9.17, 15) is 8.42 Å². The maximum atomic E-state index is 11.0. The molecular weight excluding hydrogens is 180 g/mol. The average Bonchev–Trinajstić information content (AvgIpc) is 2.38. The third kappa shape index (κ3) is 2.54. The molecule has 0 spiro atoms. The number of imidazole rings is 1. The molecular formula is C6H10N2O3S. The summed E-state index contributed by atoms with van der Waals surface area (Å²) in [6.07, 6.45) is 4.69. The lowest BCUT2D eigenvalue weighted by atomic mass is 10.6. The number of aromatic nitrogens is 2. The van der Waals surface area contributed by atoms with Gasteiger partial charge in [0.25, 0.3) is 0 Å². The van der Waals surface area contributed by atoms with Gasteiger partial charge >= 0.3 is 10.1 Å². The van der Waals surface area contributed by atoms with Gasteiger partial charge < -0.3 is 0 Å². The first-order valence-electron chi connectivity index (χ1n) is 3.54. The molecule has 0 saturated carbocycles. The van der Waals surface area contributed by atoms with Gasteiger partial charge in [0.15, 0.2) is 0 Å². The predicted molar refractivity (Wildman–Crippen MR) is 42.9 cm³/mol. The molecule has 0 amide bonds. The molecule has 0 aliphatic heterocycles. The van der Waals surface area contributed by atoms with Crippen molar-refractivity contribution in [3.8, 4) is 0 Å². The van der Waals surface area contributed by atoms with E-state index in [2.05, 4.69) is 9.27 Å². The standard InChI is InChI=1S/C6H10N2O3S/c1-2-5-12(9,10)11-8-4-3-7-6-8/h3-4,6H,2,5H2,1H3. The lowest BCUT2D eigenvalue weighted by Gasteiger charge is -2.03. The molecule has 5 nitrogen and oxygen atoms in total. The minimum atomic E-state index is -3.43. The van der Waals surface area contributed by atoms with E-state index in [1.165, 1.54) is 18.7 Å². The summed E-state index contributed by atoms with van der Waals surface area (Å²) in [5.74, 6) is 0.0190. The van der Waals surface area contributed by atoms with Crippen LogP contribution in [-0.4, -0.2) is 23.9 Å². The van der Waals surface area contributed by atoms with Gasteiger partial charge in [0.05, 0.1) is 11.9 Å². The van der Waals surface area contributed by atoms with Gasteiger partial charge in [-0.05, 0) is 6.42 Å². The lowest BCUT2D eigenvalue weighted by Crippen LogP contribution is -2.21. The topological polar surface area (TPSA) is 61.2 Å². The highest BCUT2D eigenvalue weighted by Crippen LogP contribution is 1.92. The van der Waals surface area contributed by atoms with Crippen LogP contribution < -0.4 is 4.28 Å². The fourth-order valence-electron chi connectivity index (χ4n) is 0.709. The molecule has 1 heterocycles. The average molecular weight is 190 g/mol.